The number of esters is 1. The van der Waals surface area contributed by atoms with E-state index >= 15 is 0 Å². The summed E-state index contributed by atoms with van der Waals surface area (Å²) < 4.78 is 33.5. The van der Waals surface area contributed by atoms with E-state index in [-0.39, 0.29) is 18.2 Å². The van der Waals surface area contributed by atoms with Gasteiger partial charge in [0.25, 0.3) is 5.92 Å². The van der Waals surface area contributed by atoms with E-state index in [1.807, 2.05) is 0 Å². The number of hydrogen-bond donors (Lipinski definition) is 0. The third kappa shape index (κ3) is 4.24. The molecule has 1 fully saturated rings. The molecule has 0 aromatic heterocycles. The molecule has 0 bridgehead atoms. The summed E-state index contributed by atoms with van der Waals surface area (Å²) in [5, 5.41) is 0. The molecule has 3 nitrogen and oxygen atoms in total. The summed E-state index contributed by atoms with van der Waals surface area (Å²) in [4.78, 5) is 13.1. The lowest BCUT2D eigenvalue weighted by Crippen LogP contribution is -2.44. The number of benzene rings is 1. The molecule has 1 aliphatic rings. The summed E-state index contributed by atoms with van der Waals surface area (Å²) in [6, 6.07) is 7.80. The number of carbonyl (C=O) groups is 1. The third-order valence-electron chi connectivity index (χ3n) is 4.00. The van der Waals surface area contributed by atoms with E-state index in [4.69, 9.17) is 0 Å². The van der Waals surface area contributed by atoms with Crippen molar-refractivity contribution in [2.45, 2.75) is 37.6 Å². The topological polar surface area (TPSA) is 29.5 Å². The van der Waals surface area contributed by atoms with E-state index in [0.29, 0.717) is 0 Å². The van der Waals surface area contributed by atoms with Crippen LogP contribution in [-0.2, 0) is 15.5 Å². The second-order valence-corrected chi connectivity index (χ2v) is 5.49. The molecule has 1 aliphatic carbocycles. The van der Waals surface area contributed by atoms with Gasteiger partial charge in [0.2, 0.25) is 0 Å². The van der Waals surface area contributed by atoms with E-state index in [1.165, 1.54) is 19.2 Å². The molecule has 0 atom stereocenters. The molecule has 0 amide bonds. The van der Waals surface area contributed by atoms with Crippen molar-refractivity contribution in [2.24, 2.45) is 0 Å². The van der Waals surface area contributed by atoms with Crippen molar-refractivity contribution in [1.82, 2.24) is 4.90 Å². The predicted octanol–water partition coefficient (Wildman–Crippen LogP) is 3.20. The molecule has 0 aliphatic heterocycles. The lowest BCUT2D eigenvalue weighted by molar-refractivity contribution is -0.144. The van der Waals surface area contributed by atoms with Gasteiger partial charge in [0.05, 0.1) is 20.2 Å². The average Bonchev–Trinajstić information content (AvgIpc) is 3.01. The summed E-state index contributed by atoms with van der Waals surface area (Å²) in [5.41, 5.74) is -0.0159. The average molecular weight is 297 g/mol. The first-order valence-corrected chi connectivity index (χ1v) is 7.27. The summed E-state index contributed by atoms with van der Waals surface area (Å²) in [6.07, 6.45) is 3.78. The molecular weight excluding hydrogens is 276 g/mol. The smallest absolute Gasteiger partial charge is 0.319 e. The fourth-order valence-electron chi connectivity index (χ4n) is 2.84. The molecule has 21 heavy (non-hydrogen) atoms. The molecule has 0 radical (unpaired) electrons. The Labute approximate surface area is 123 Å². The fourth-order valence-corrected chi connectivity index (χ4v) is 2.84. The maximum atomic E-state index is 14.4. The summed E-state index contributed by atoms with van der Waals surface area (Å²) in [5.74, 6) is -3.44. The number of alkyl halides is 2. The van der Waals surface area contributed by atoms with E-state index < -0.39 is 18.4 Å². The molecule has 1 aromatic carbocycles. The Hall–Kier alpha value is -1.49. The first-order valence-electron chi connectivity index (χ1n) is 7.27. The van der Waals surface area contributed by atoms with Crippen LogP contribution in [0.4, 0.5) is 8.78 Å². The van der Waals surface area contributed by atoms with Crippen molar-refractivity contribution in [1.29, 1.82) is 0 Å². The summed E-state index contributed by atoms with van der Waals surface area (Å²) >= 11 is 0. The molecule has 1 aromatic rings. The number of ether oxygens (including phenoxy) is 1. The number of carbonyl (C=O) groups excluding carboxylic acids is 1. The first-order chi connectivity index (χ1) is 10.0. The van der Waals surface area contributed by atoms with Gasteiger partial charge in [0, 0.05) is 11.6 Å². The van der Waals surface area contributed by atoms with Crippen molar-refractivity contribution in [3.63, 3.8) is 0 Å². The van der Waals surface area contributed by atoms with Crippen LogP contribution in [0.5, 0.6) is 0 Å². The van der Waals surface area contributed by atoms with Crippen LogP contribution in [0.2, 0.25) is 0 Å². The molecule has 0 saturated heterocycles. The van der Waals surface area contributed by atoms with Crippen LogP contribution in [0.25, 0.3) is 0 Å². The molecule has 5 heteroatoms. The number of hydrogen-bond acceptors (Lipinski definition) is 3. The third-order valence-corrected chi connectivity index (χ3v) is 4.00. The van der Waals surface area contributed by atoms with Crippen LogP contribution in [0.3, 0.4) is 0 Å². The molecule has 1 saturated carbocycles. The van der Waals surface area contributed by atoms with Crippen molar-refractivity contribution in [2.75, 3.05) is 20.2 Å². The van der Waals surface area contributed by atoms with Gasteiger partial charge in [0.1, 0.15) is 0 Å². The first kappa shape index (κ1) is 15.9. The lowest BCUT2D eigenvalue weighted by atomic mass is 10.1. The summed E-state index contributed by atoms with van der Waals surface area (Å²) in [7, 11) is 1.28. The van der Waals surface area contributed by atoms with Gasteiger partial charge in [-0.1, -0.05) is 43.2 Å². The molecule has 116 valence electrons. The standard InChI is InChI=1S/C16H21F2NO2/c1-21-15(20)11-19(14-9-5-6-10-14)12-16(17,18)13-7-3-2-4-8-13/h2-4,7-8,14H,5-6,9-12H2,1H3. The Morgan fingerprint density at radius 1 is 1.29 bits per heavy atom. The molecular formula is C16H21F2NO2. The zero-order chi connectivity index (χ0) is 15.3. The van der Waals surface area contributed by atoms with Gasteiger partial charge >= 0.3 is 5.97 Å². The number of rotatable bonds is 6. The van der Waals surface area contributed by atoms with Gasteiger partial charge in [-0.25, -0.2) is 0 Å². The molecule has 0 N–H and O–H groups in total. The quantitative estimate of drug-likeness (QED) is 0.755. The SMILES string of the molecule is COC(=O)CN(CC(F)(F)c1ccccc1)C1CCCC1. The van der Waals surface area contributed by atoms with Crippen LogP contribution in [0.1, 0.15) is 31.2 Å². The van der Waals surface area contributed by atoms with Crippen LogP contribution in [0.15, 0.2) is 30.3 Å². The highest BCUT2D eigenvalue weighted by Gasteiger charge is 2.37. The van der Waals surface area contributed by atoms with Gasteiger partial charge in [-0.05, 0) is 12.8 Å². The van der Waals surface area contributed by atoms with Crippen LogP contribution >= 0.6 is 0 Å². The highest BCUT2D eigenvalue weighted by molar-refractivity contribution is 5.71. The van der Waals surface area contributed by atoms with Crippen LogP contribution in [-0.4, -0.2) is 37.1 Å². The Balaban J connectivity index is 2.11. The van der Waals surface area contributed by atoms with Gasteiger partial charge in [-0.3, -0.25) is 9.69 Å². The largest absolute Gasteiger partial charge is 0.468 e. The van der Waals surface area contributed by atoms with Crippen molar-refractivity contribution >= 4 is 5.97 Å². The Morgan fingerprint density at radius 3 is 2.48 bits per heavy atom. The van der Waals surface area contributed by atoms with Gasteiger partial charge in [-0.15, -0.1) is 0 Å². The normalized spacial score (nSPS) is 16.4. The molecule has 2 rings (SSSR count). The van der Waals surface area contributed by atoms with E-state index in [1.54, 1.807) is 23.1 Å². The minimum atomic E-state index is -2.97. The predicted molar refractivity (Wildman–Crippen MR) is 76.2 cm³/mol. The van der Waals surface area contributed by atoms with E-state index in [9.17, 15) is 13.6 Å². The molecule has 0 unspecified atom stereocenters. The Bertz CT molecular complexity index is 459. The maximum Gasteiger partial charge on any atom is 0.319 e. The second kappa shape index (κ2) is 6.98. The minimum absolute atomic E-state index is 0.0159. The number of halogens is 2. The van der Waals surface area contributed by atoms with Crippen molar-refractivity contribution in [3.8, 4) is 0 Å². The second-order valence-electron chi connectivity index (χ2n) is 5.49. The minimum Gasteiger partial charge on any atom is -0.468 e. The Morgan fingerprint density at radius 2 is 1.90 bits per heavy atom. The Kier molecular flexibility index (Phi) is 5.28. The summed E-state index contributed by atoms with van der Waals surface area (Å²) in [6.45, 7) is -0.527. The number of methoxy groups -OCH3 is 1. The zero-order valence-corrected chi connectivity index (χ0v) is 12.2. The van der Waals surface area contributed by atoms with Crippen molar-refractivity contribution in [3.05, 3.63) is 35.9 Å². The van der Waals surface area contributed by atoms with Crippen molar-refractivity contribution < 1.29 is 18.3 Å². The zero-order valence-electron chi connectivity index (χ0n) is 12.2. The number of nitrogens with zero attached hydrogens (tertiary/aromatic N) is 1. The van der Waals surface area contributed by atoms with Crippen LogP contribution in [0, 0.1) is 0 Å². The van der Waals surface area contributed by atoms with Gasteiger partial charge in [0.15, 0.2) is 0 Å². The monoisotopic (exact) mass is 297 g/mol. The van der Waals surface area contributed by atoms with Gasteiger partial charge in [-0.2, -0.15) is 8.78 Å². The molecule has 0 heterocycles. The van der Waals surface area contributed by atoms with Gasteiger partial charge < -0.3 is 4.74 Å². The maximum absolute atomic E-state index is 14.4. The highest BCUT2D eigenvalue weighted by atomic mass is 19.3. The molecule has 0 spiro atoms. The van der Waals surface area contributed by atoms with Crippen LogP contribution < -0.4 is 0 Å². The van der Waals surface area contributed by atoms with E-state index in [0.717, 1.165) is 25.7 Å². The fraction of sp³-hybridized carbons (Fsp3) is 0.562. The van der Waals surface area contributed by atoms with E-state index in [2.05, 4.69) is 4.74 Å². The highest BCUT2D eigenvalue weighted by Crippen LogP contribution is 2.32. The lowest BCUT2D eigenvalue weighted by Gasteiger charge is -2.31.